The van der Waals surface area contributed by atoms with Crippen molar-refractivity contribution in [1.82, 2.24) is 20.7 Å². The van der Waals surface area contributed by atoms with Crippen molar-refractivity contribution in [3.63, 3.8) is 0 Å². The minimum Gasteiger partial charge on any atom is -0.335 e. The highest BCUT2D eigenvalue weighted by Gasteiger charge is 2.45. The molecule has 5 aliphatic rings. The van der Waals surface area contributed by atoms with Crippen LogP contribution < -0.4 is 10.7 Å². The molecular formula is C25H27F2N5O. The topological polar surface area (TPSA) is 60.0 Å². The van der Waals surface area contributed by atoms with Crippen LogP contribution in [0, 0.1) is 11.8 Å². The fraction of sp³-hybridized carbons (Fsp3) is 0.440. The summed E-state index contributed by atoms with van der Waals surface area (Å²) in [5.74, 6) is 0.418. The van der Waals surface area contributed by atoms with Gasteiger partial charge in [0.25, 0.3) is 12.3 Å². The molecule has 1 amide bonds. The number of amides is 1. The maximum atomic E-state index is 13.7. The Morgan fingerprint density at radius 1 is 1.06 bits per heavy atom. The fourth-order valence-corrected chi connectivity index (χ4v) is 6.07. The molecule has 5 atom stereocenters. The maximum absolute atomic E-state index is 13.7. The van der Waals surface area contributed by atoms with Gasteiger partial charge in [-0.3, -0.25) is 20.5 Å². The average Bonchev–Trinajstić information content (AvgIpc) is 3.14. The van der Waals surface area contributed by atoms with Gasteiger partial charge in [0, 0.05) is 29.8 Å². The molecule has 2 bridgehead atoms. The lowest BCUT2D eigenvalue weighted by atomic mass is 9.82. The Labute approximate surface area is 191 Å². The summed E-state index contributed by atoms with van der Waals surface area (Å²) in [6.07, 6.45) is 3.92. The molecule has 3 fully saturated rings. The number of allylic oxidation sites excluding steroid dienone is 1. The number of alkyl halides is 2. The number of fused-ring (bicyclic) bond motifs is 6. The average molecular weight is 452 g/mol. The quantitative estimate of drug-likeness (QED) is 0.747. The van der Waals surface area contributed by atoms with E-state index in [-0.39, 0.29) is 23.8 Å². The van der Waals surface area contributed by atoms with Crippen LogP contribution in [0.2, 0.25) is 0 Å². The van der Waals surface area contributed by atoms with E-state index in [0.29, 0.717) is 6.54 Å². The second kappa shape index (κ2) is 8.09. The van der Waals surface area contributed by atoms with E-state index >= 15 is 0 Å². The number of rotatable bonds is 3. The van der Waals surface area contributed by atoms with Gasteiger partial charge in [0.2, 0.25) is 0 Å². The Kier molecular flexibility index (Phi) is 5.05. The van der Waals surface area contributed by atoms with Gasteiger partial charge in [-0.2, -0.15) is 0 Å². The van der Waals surface area contributed by atoms with Gasteiger partial charge in [0.05, 0.1) is 6.04 Å². The minimum absolute atomic E-state index is 0.0763. The summed E-state index contributed by atoms with van der Waals surface area (Å²) in [6.45, 7) is 0.654. The number of benzene rings is 2. The standard InChI is InChI=1S/C25H27F2N5O/c26-23(27)21-12-22(32-25(30-21)28-14-29-32)19-11-10-17-9-8-16(19)13-31(17)24(33)20-7-3-5-15-4-1-2-6-18(15)20/h1-7,12,14,16-17,19,21,23,25,30H,8-11,13H2,(H,28,29)/t16-,17+,19-,21?,25?/m0/s1. The third-order valence-corrected chi connectivity index (χ3v) is 7.68. The molecule has 4 aliphatic heterocycles. The predicted octanol–water partition coefficient (Wildman–Crippen LogP) is 3.72. The van der Waals surface area contributed by atoms with Gasteiger partial charge in [-0.05, 0) is 54.5 Å². The van der Waals surface area contributed by atoms with Gasteiger partial charge < -0.3 is 4.90 Å². The van der Waals surface area contributed by atoms with Crippen LogP contribution in [-0.2, 0) is 0 Å². The van der Waals surface area contributed by atoms with Crippen molar-refractivity contribution in [3.8, 4) is 0 Å². The van der Waals surface area contributed by atoms with Crippen LogP contribution in [0.3, 0.4) is 0 Å². The first-order chi connectivity index (χ1) is 16.1. The Bertz CT molecular complexity index is 1130. The number of hydrogen-bond acceptors (Lipinski definition) is 5. The molecule has 2 saturated heterocycles. The molecular weight excluding hydrogens is 424 g/mol. The normalized spacial score (nSPS) is 30.9. The van der Waals surface area contributed by atoms with E-state index in [9.17, 15) is 13.6 Å². The molecule has 2 aromatic carbocycles. The van der Waals surface area contributed by atoms with Gasteiger partial charge >= 0.3 is 0 Å². The summed E-state index contributed by atoms with van der Waals surface area (Å²) in [6, 6.07) is 13.0. The first-order valence-corrected chi connectivity index (χ1v) is 11.7. The highest BCUT2D eigenvalue weighted by molar-refractivity contribution is 6.07. The van der Waals surface area contributed by atoms with Crippen LogP contribution in [-0.4, -0.2) is 53.5 Å². The molecule has 0 radical (unpaired) electrons. The van der Waals surface area contributed by atoms with E-state index < -0.39 is 18.8 Å². The summed E-state index contributed by atoms with van der Waals surface area (Å²) in [4.78, 5) is 20.0. The highest BCUT2D eigenvalue weighted by atomic mass is 19.3. The zero-order valence-electron chi connectivity index (χ0n) is 18.2. The summed E-state index contributed by atoms with van der Waals surface area (Å²) < 4.78 is 27.2. The zero-order chi connectivity index (χ0) is 22.5. The number of piperidine rings is 1. The zero-order valence-corrected chi connectivity index (χ0v) is 18.2. The highest BCUT2D eigenvalue weighted by Crippen LogP contribution is 2.43. The Morgan fingerprint density at radius 2 is 1.88 bits per heavy atom. The molecule has 8 heteroatoms. The lowest BCUT2D eigenvalue weighted by molar-refractivity contribution is 0.0511. The smallest absolute Gasteiger partial charge is 0.257 e. The monoisotopic (exact) mass is 451 g/mol. The number of carbonyl (C=O) groups excluding carboxylic acids is 1. The minimum atomic E-state index is -2.50. The van der Waals surface area contributed by atoms with Crippen molar-refractivity contribution >= 4 is 23.0 Å². The summed E-state index contributed by atoms with van der Waals surface area (Å²) in [5.41, 5.74) is 4.73. The van der Waals surface area contributed by atoms with Gasteiger partial charge in [0.15, 0.2) is 6.29 Å². The van der Waals surface area contributed by atoms with E-state index in [1.165, 1.54) is 0 Å². The molecule has 6 nitrogen and oxygen atoms in total. The second-order valence-corrected chi connectivity index (χ2v) is 9.43. The van der Waals surface area contributed by atoms with Gasteiger partial charge in [0.1, 0.15) is 6.34 Å². The van der Waals surface area contributed by atoms with Crippen LogP contribution in [0.1, 0.15) is 36.0 Å². The first-order valence-electron chi connectivity index (χ1n) is 11.7. The molecule has 0 spiro atoms. The molecule has 2 aromatic rings. The van der Waals surface area contributed by atoms with E-state index in [2.05, 4.69) is 15.7 Å². The Balaban J connectivity index is 1.30. The van der Waals surface area contributed by atoms with Crippen molar-refractivity contribution in [2.24, 2.45) is 16.8 Å². The molecule has 33 heavy (non-hydrogen) atoms. The second-order valence-electron chi connectivity index (χ2n) is 9.43. The third kappa shape index (κ3) is 3.47. The van der Waals surface area contributed by atoms with Crippen molar-refractivity contribution < 1.29 is 13.6 Å². The summed E-state index contributed by atoms with van der Waals surface area (Å²) >= 11 is 0. The number of carbonyl (C=O) groups is 1. The van der Waals surface area contributed by atoms with Crippen LogP contribution in [0.25, 0.3) is 10.8 Å². The van der Waals surface area contributed by atoms with Gasteiger partial charge in [-0.25, -0.2) is 13.8 Å². The third-order valence-electron chi connectivity index (χ3n) is 7.68. The van der Waals surface area contributed by atoms with Crippen molar-refractivity contribution in [3.05, 3.63) is 59.8 Å². The van der Waals surface area contributed by atoms with Crippen molar-refractivity contribution in [2.45, 2.75) is 50.5 Å². The van der Waals surface area contributed by atoms with Crippen molar-refractivity contribution in [1.29, 1.82) is 0 Å². The summed E-state index contributed by atoms with van der Waals surface area (Å²) in [5, 5.41) is 6.79. The molecule has 172 valence electrons. The van der Waals surface area contributed by atoms with Gasteiger partial charge in [-0.15, -0.1) is 0 Å². The number of halogens is 2. The van der Waals surface area contributed by atoms with Crippen molar-refractivity contribution in [2.75, 3.05) is 6.54 Å². The van der Waals surface area contributed by atoms with E-state index in [1.54, 1.807) is 12.4 Å². The van der Waals surface area contributed by atoms with Crippen LogP contribution >= 0.6 is 0 Å². The lowest BCUT2D eigenvalue weighted by Crippen LogP contribution is -2.56. The number of nitrogens with one attached hydrogen (secondary N) is 2. The predicted molar refractivity (Wildman–Crippen MR) is 122 cm³/mol. The molecule has 2 N–H and O–H groups in total. The molecule has 1 saturated carbocycles. The lowest BCUT2D eigenvalue weighted by Gasteiger charge is -2.42. The molecule has 0 aromatic heterocycles. The SMILES string of the molecule is O=C(c1cccc2ccccc12)N1C[C@@H]2CC[C@@H]1CC[C@@H]2C1=CC(C(F)F)NC2N=CNN12. The van der Waals surface area contributed by atoms with E-state index in [4.69, 9.17) is 0 Å². The Hall–Kier alpha value is -3.00. The largest absolute Gasteiger partial charge is 0.335 e. The van der Waals surface area contributed by atoms with E-state index in [1.807, 2.05) is 52.4 Å². The molecule has 7 rings (SSSR count). The first kappa shape index (κ1) is 20.6. The Morgan fingerprint density at radius 3 is 2.76 bits per heavy atom. The number of nitrogens with zero attached hydrogens (tertiary/aromatic N) is 3. The molecule has 4 heterocycles. The molecule has 1 aliphatic carbocycles. The van der Waals surface area contributed by atoms with Crippen LogP contribution in [0.15, 0.2) is 59.2 Å². The van der Waals surface area contributed by atoms with Crippen LogP contribution in [0.5, 0.6) is 0 Å². The summed E-state index contributed by atoms with van der Waals surface area (Å²) in [7, 11) is 0. The van der Waals surface area contributed by atoms with Crippen LogP contribution in [0.4, 0.5) is 8.78 Å². The number of aliphatic imine (C=N–C) groups is 1. The number of hydrazine groups is 1. The maximum Gasteiger partial charge on any atom is 0.257 e. The number of hydrogen-bond donors (Lipinski definition) is 2. The van der Waals surface area contributed by atoms with Gasteiger partial charge in [-0.1, -0.05) is 36.4 Å². The molecule has 2 unspecified atom stereocenters. The van der Waals surface area contributed by atoms with E-state index in [0.717, 1.165) is 47.7 Å². The fourth-order valence-electron chi connectivity index (χ4n) is 6.07.